The van der Waals surface area contributed by atoms with Gasteiger partial charge in [-0.15, -0.1) is 10.2 Å². The average molecular weight is 431 g/mol. The summed E-state index contributed by atoms with van der Waals surface area (Å²) < 4.78 is 2.86. The molecule has 0 aliphatic rings. The van der Waals surface area contributed by atoms with Crippen molar-refractivity contribution in [1.29, 1.82) is 0 Å². The number of halogens is 1. The fraction of sp³-hybridized carbons (Fsp3) is 0.211. The highest BCUT2D eigenvalue weighted by Crippen LogP contribution is 2.22. The van der Waals surface area contributed by atoms with E-state index in [9.17, 15) is 4.79 Å². The predicted octanol–water partition coefficient (Wildman–Crippen LogP) is 4.88. The van der Waals surface area contributed by atoms with Crippen LogP contribution in [0.4, 0.5) is 5.69 Å². The Bertz CT molecular complexity index is 875. The van der Waals surface area contributed by atoms with E-state index in [1.165, 1.54) is 17.3 Å². The first-order valence-electron chi connectivity index (χ1n) is 8.21. The Morgan fingerprint density at radius 1 is 1.15 bits per heavy atom. The van der Waals surface area contributed by atoms with E-state index in [2.05, 4.69) is 57.4 Å². The molecule has 3 aromatic rings. The molecule has 0 saturated carbocycles. The van der Waals surface area contributed by atoms with Crippen molar-refractivity contribution in [2.45, 2.75) is 24.9 Å². The summed E-state index contributed by atoms with van der Waals surface area (Å²) in [4.78, 5) is 12.2. The highest BCUT2D eigenvalue weighted by atomic mass is 79.9. The van der Waals surface area contributed by atoms with E-state index >= 15 is 0 Å². The standard InChI is InChI=1S/C19H19BrN4OS/c1-13(2)14-3-9-17(10-4-14)24-12-21-23-19(24)26-11-18(25)22-16-7-5-15(20)6-8-16/h3-10,12-13H,11H2,1-2H3,(H,22,25). The molecule has 3 rings (SSSR count). The third-order valence-corrected chi connectivity index (χ3v) is 5.29. The highest BCUT2D eigenvalue weighted by Gasteiger charge is 2.11. The maximum atomic E-state index is 12.2. The van der Waals surface area contributed by atoms with Gasteiger partial charge in [0, 0.05) is 15.8 Å². The summed E-state index contributed by atoms with van der Waals surface area (Å²) in [6.07, 6.45) is 1.67. The molecule has 26 heavy (non-hydrogen) atoms. The molecule has 0 spiro atoms. The summed E-state index contributed by atoms with van der Waals surface area (Å²) in [6.45, 7) is 4.33. The molecule has 0 aliphatic carbocycles. The lowest BCUT2D eigenvalue weighted by Gasteiger charge is -2.09. The SMILES string of the molecule is CC(C)c1ccc(-n2cnnc2SCC(=O)Nc2ccc(Br)cc2)cc1. The Kier molecular flexibility index (Phi) is 6.11. The molecule has 1 aromatic heterocycles. The van der Waals surface area contributed by atoms with Crippen LogP contribution in [0.5, 0.6) is 0 Å². The molecule has 1 amide bonds. The Morgan fingerprint density at radius 2 is 1.85 bits per heavy atom. The summed E-state index contributed by atoms with van der Waals surface area (Å²) in [5, 5.41) is 11.7. The minimum atomic E-state index is -0.0815. The first-order chi connectivity index (χ1) is 12.5. The van der Waals surface area contributed by atoms with Crippen molar-refractivity contribution in [3.05, 3.63) is 64.9 Å². The zero-order valence-corrected chi connectivity index (χ0v) is 16.9. The van der Waals surface area contributed by atoms with Crippen LogP contribution in [-0.2, 0) is 4.79 Å². The minimum Gasteiger partial charge on any atom is -0.325 e. The highest BCUT2D eigenvalue weighted by molar-refractivity contribution is 9.10. The summed E-state index contributed by atoms with van der Waals surface area (Å²) in [7, 11) is 0. The number of hydrogen-bond acceptors (Lipinski definition) is 4. The molecule has 2 aromatic carbocycles. The van der Waals surface area contributed by atoms with Gasteiger partial charge < -0.3 is 5.32 Å². The van der Waals surface area contributed by atoms with E-state index in [1.807, 2.05) is 41.0 Å². The van der Waals surface area contributed by atoms with Crippen molar-refractivity contribution in [2.75, 3.05) is 11.1 Å². The molecule has 5 nitrogen and oxygen atoms in total. The second-order valence-electron chi connectivity index (χ2n) is 6.07. The largest absolute Gasteiger partial charge is 0.325 e. The smallest absolute Gasteiger partial charge is 0.234 e. The molecule has 1 N–H and O–H groups in total. The Labute approximate surface area is 165 Å². The van der Waals surface area contributed by atoms with Gasteiger partial charge in [-0.2, -0.15) is 0 Å². The molecule has 0 fully saturated rings. The molecule has 0 bridgehead atoms. The number of anilines is 1. The van der Waals surface area contributed by atoms with Gasteiger partial charge in [-0.1, -0.05) is 53.7 Å². The van der Waals surface area contributed by atoms with Gasteiger partial charge >= 0.3 is 0 Å². The lowest BCUT2D eigenvalue weighted by molar-refractivity contribution is -0.113. The van der Waals surface area contributed by atoms with Crippen molar-refractivity contribution in [1.82, 2.24) is 14.8 Å². The fourth-order valence-corrected chi connectivity index (χ4v) is 3.37. The van der Waals surface area contributed by atoms with Gasteiger partial charge in [-0.25, -0.2) is 0 Å². The van der Waals surface area contributed by atoms with Crippen LogP contribution in [0.3, 0.4) is 0 Å². The lowest BCUT2D eigenvalue weighted by Crippen LogP contribution is -2.14. The van der Waals surface area contributed by atoms with Gasteiger partial charge in [0.05, 0.1) is 5.75 Å². The molecule has 0 radical (unpaired) electrons. The number of hydrogen-bond donors (Lipinski definition) is 1. The van der Waals surface area contributed by atoms with E-state index in [0.717, 1.165) is 15.8 Å². The lowest BCUT2D eigenvalue weighted by atomic mass is 10.0. The normalized spacial score (nSPS) is 10.9. The molecule has 134 valence electrons. The predicted molar refractivity (Wildman–Crippen MR) is 109 cm³/mol. The summed E-state index contributed by atoms with van der Waals surface area (Å²) in [5.74, 6) is 0.668. The zero-order valence-electron chi connectivity index (χ0n) is 14.5. The molecule has 0 unspecified atom stereocenters. The van der Waals surface area contributed by atoms with Gasteiger partial charge in [0.2, 0.25) is 5.91 Å². The molecule has 0 saturated heterocycles. The molecule has 7 heteroatoms. The number of rotatable bonds is 6. The molecule has 0 atom stereocenters. The van der Waals surface area contributed by atoms with Crippen molar-refractivity contribution in [2.24, 2.45) is 0 Å². The Balaban J connectivity index is 1.63. The summed E-state index contributed by atoms with van der Waals surface area (Å²) in [6, 6.07) is 15.8. The molecule has 0 aliphatic heterocycles. The number of nitrogens with zero attached hydrogens (tertiary/aromatic N) is 3. The van der Waals surface area contributed by atoms with Crippen molar-refractivity contribution < 1.29 is 4.79 Å². The van der Waals surface area contributed by atoms with Crippen LogP contribution in [0.1, 0.15) is 25.3 Å². The first kappa shape index (κ1) is 18.7. The molecular formula is C19H19BrN4OS. The fourth-order valence-electron chi connectivity index (χ4n) is 2.38. The quantitative estimate of drug-likeness (QED) is 0.565. The molecule has 1 heterocycles. The monoisotopic (exact) mass is 430 g/mol. The van der Waals surface area contributed by atoms with Crippen molar-refractivity contribution in [3.8, 4) is 5.69 Å². The second-order valence-corrected chi connectivity index (χ2v) is 7.93. The van der Waals surface area contributed by atoms with E-state index < -0.39 is 0 Å². The third kappa shape index (κ3) is 4.74. The van der Waals surface area contributed by atoms with Gasteiger partial charge in [-0.05, 0) is 47.9 Å². The number of thioether (sulfide) groups is 1. The van der Waals surface area contributed by atoms with Crippen LogP contribution in [-0.4, -0.2) is 26.4 Å². The van der Waals surface area contributed by atoms with Gasteiger partial charge in [0.15, 0.2) is 5.16 Å². The number of amides is 1. The second kappa shape index (κ2) is 8.51. The van der Waals surface area contributed by atoms with Crippen LogP contribution < -0.4 is 5.32 Å². The number of aromatic nitrogens is 3. The van der Waals surface area contributed by atoms with Crippen molar-refractivity contribution >= 4 is 39.3 Å². The van der Waals surface area contributed by atoms with E-state index in [-0.39, 0.29) is 11.7 Å². The zero-order chi connectivity index (χ0) is 18.5. The maximum absolute atomic E-state index is 12.2. The van der Waals surface area contributed by atoms with Gasteiger partial charge in [-0.3, -0.25) is 9.36 Å². The summed E-state index contributed by atoms with van der Waals surface area (Å²) in [5.41, 5.74) is 3.03. The first-order valence-corrected chi connectivity index (χ1v) is 9.99. The Hall–Kier alpha value is -2.12. The van der Waals surface area contributed by atoms with E-state index in [1.54, 1.807) is 6.33 Å². The van der Waals surface area contributed by atoms with Crippen LogP contribution in [0, 0.1) is 0 Å². The average Bonchev–Trinajstić information content (AvgIpc) is 3.10. The van der Waals surface area contributed by atoms with Gasteiger partial charge in [0.1, 0.15) is 6.33 Å². The van der Waals surface area contributed by atoms with Crippen LogP contribution in [0.15, 0.2) is 64.5 Å². The van der Waals surface area contributed by atoms with Crippen LogP contribution in [0.2, 0.25) is 0 Å². The van der Waals surface area contributed by atoms with Gasteiger partial charge in [0.25, 0.3) is 0 Å². The van der Waals surface area contributed by atoms with E-state index in [4.69, 9.17) is 0 Å². The number of benzene rings is 2. The number of carbonyl (C=O) groups excluding carboxylic acids is 1. The topological polar surface area (TPSA) is 59.8 Å². The van der Waals surface area contributed by atoms with E-state index in [0.29, 0.717) is 11.1 Å². The van der Waals surface area contributed by atoms with Crippen LogP contribution in [0.25, 0.3) is 5.69 Å². The Morgan fingerprint density at radius 3 is 2.50 bits per heavy atom. The molecular weight excluding hydrogens is 412 g/mol. The van der Waals surface area contributed by atoms with Crippen molar-refractivity contribution in [3.63, 3.8) is 0 Å². The number of nitrogens with one attached hydrogen (secondary N) is 1. The maximum Gasteiger partial charge on any atom is 0.234 e. The summed E-state index contributed by atoms with van der Waals surface area (Å²) >= 11 is 4.73. The third-order valence-electron chi connectivity index (χ3n) is 3.81. The van der Waals surface area contributed by atoms with Crippen LogP contribution >= 0.6 is 27.7 Å². The number of carbonyl (C=O) groups is 1. The minimum absolute atomic E-state index is 0.0815.